The fourth-order valence-electron chi connectivity index (χ4n) is 4.59. The fourth-order valence-corrected chi connectivity index (χ4v) is 6.16. The minimum atomic E-state index is -3.49. The summed E-state index contributed by atoms with van der Waals surface area (Å²) in [6, 6.07) is 7.13. The van der Waals surface area contributed by atoms with Crippen LogP contribution in [0, 0.1) is 0 Å². The molecule has 0 radical (unpaired) electrons. The summed E-state index contributed by atoms with van der Waals surface area (Å²) in [6.07, 6.45) is 6.84. The molecule has 0 N–H and O–H groups in total. The molecular formula is C23H27N5O3S. The zero-order valence-electron chi connectivity index (χ0n) is 18.4. The number of nitrogens with zero attached hydrogens (tertiary/aromatic N) is 5. The van der Waals surface area contributed by atoms with Crippen molar-refractivity contribution in [3.63, 3.8) is 0 Å². The summed E-state index contributed by atoms with van der Waals surface area (Å²) in [4.78, 5) is 19.8. The maximum Gasteiger partial charge on any atom is 0.259 e. The van der Waals surface area contributed by atoms with Crippen LogP contribution in [-0.2, 0) is 16.4 Å². The van der Waals surface area contributed by atoms with E-state index in [2.05, 4.69) is 10.1 Å². The highest BCUT2D eigenvalue weighted by molar-refractivity contribution is 7.89. The van der Waals surface area contributed by atoms with Crippen LogP contribution in [0.4, 0.5) is 5.69 Å². The number of anilines is 1. The van der Waals surface area contributed by atoms with Gasteiger partial charge in [0.1, 0.15) is 0 Å². The monoisotopic (exact) mass is 453 g/mol. The van der Waals surface area contributed by atoms with Gasteiger partial charge in [0.25, 0.3) is 5.91 Å². The second-order valence-corrected chi connectivity index (χ2v) is 10.7. The van der Waals surface area contributed by atoms with Gasteiger partial charge in [-0.1, -0.05) is 6.42 Å². The van der Waals surface area contributed by atoms with Crippen LogP contribution in [0.15, 0.2) is 41.6 Å². The molecule has 5 rings (SSSR count). The van der Waals surface area contributed by atoms with Crippen LogP contribution >= 0.6 is 0 Å². The topological polar surface area (TPSA) is 88.4 Å². The van der Waals surface area contributed by atoms with Gasteiger partial charge in [-0.25, -0.2) is 18.1 Å². The molecule has 0 unspecified atom stereocenters. The van der Waals surface area contributed by atoms with Crippen molar-refractivity contribution < 1.29 is 13.2 Å². The third-order valence-corrected chi connectivity index (χ3v) is 8.21. The number of pyridine rings is 1. The van der Waals surface area contributed by atoms with Gasteiger partial charge in [-0.05, 0) is 62.9 Å². The summed E-state index contributed by atoms with van der Waals surface area (Å²) < 4.78 is 29.5. The zero-order valence-corrected chi connectivity index (χ0v) is 19.2. The first-order valence-corrected chi connectivity index (χ1v) is 12.6. The average molecular weight is 454 g/mol. The molecular weight excluding hydrogens is 426 g/mol. The van der Waals surface area contributed by atoms with E-state index in [1.807, 2.05) is 24.6 Å². The number of piperidine rings is 1. The summed E-state index contributed by atoms with van der Waals surface area (Å²) in [5.74, 6) is -0.137. The Balaban J connectivity index is 1.42. The number of carbonyl (C=O) groups is 1. The molecule has 32 heavy (non-hydrogen) atoms. The van der Waals surface area contributed by atoms with Gasteiger partial charge in [0.15, 0.2) is 5.65 Å². The Morgan fingerprint density at radius 1 is 1.03 bits per heavy atom. The lowest BCUT2D eigenvalue weighted by atomic mass is 10.1. The lowest BCUT2D eigenvalue weighted by molar-refractivity contribution is 0.0989. The summed E-state index contributed by atoms with van der Waals surface area (Å²) in [7, 11) is -3.49. The lowest BCUT2D eigenvalue weighted by Crippen LogP contribution is -2.35. The number of fused-ring (bicyclic) bond motifs is 2. The molecule has 0 spiro atoms. The van der Waals surface area contributed by atoms with E-state index in [9.17, 15) is 13.2 Å². The van der Waals surface area contributed by atoms with E-state index in [4.69, 9.17) is 0 Å². The Kier molecular flexibility index (Phi) is 5.25. The molecule has 0 atom stereocenters. The van der Waals surface area contributed by atoms with Crippen molar-refractivity contribution in [2.24, 2.45) is 0 Å². The molecule has 0 saturated carbocycles. The Bertz CT molecular complexity index is 1290. The molecule has 1 saturated heterocycles. The average Bonchev–Trinajstić information content (AvgIpc) is 3.42. The number of hydrogen-bond donors (Lipinski definition) is 0. The third-order valence-electron chi connectivity index (χ3n) is 6.31. The minimum absolute atomic E-state index is 0.137. The Hall–Kier alpha value is -2.78. The molecule has 2 aromatic heterocycles. The number of hydrogen-bond acceptors (Lipinski definition) is 5. The quantitative estimate of drug-likeness (QED) is 0.604. The van der Waals surface area contributed by atoms with E-state index >= 15 is 0 Å². The van der Waals surface area contributed by atoms with Gasteiger partial charge in [-0.3, -0.25) is 4.79 Å². The van der Waals surface area contributed by atoms with Crippen LogP contribution < -0.4 is 4.90 Å². The first-order chi connectivity index (χ1) is 15.4. The van der Waals surface area contributed by atoms with Gasteiger partial charge in [-0.15, -0.1) is 0 Å². The van der Waals surface area contributed by atoms with E-state index in [0.29, 0.717) is 36.5 Å². The van der Waals surface area contributed by atoms with Crippen molar-refractivity contribution in [1.82, 2.24) is 19.1 Å². The predicted octanol–water partition coefficient (Wildman–Crippen LogP) is 3.39. The first kappa shape index (κ1) is 21.1. The summed E-state index contributed by atoms with van der Waals surface area (Å²) in [6.45, 7) is 5.74. The Labute approximate surface area is 187 Å². The number of amides is 1. The van der Waals surface area contributed by atoms with Crippen LogP contribution in [-0.4, -0.2) is 53.0 Å². The van der Waals surface area contributed by atoms with Crippen LogP contribution in [0.1, 0.15) is 55.1 Å². The van der Waals surface area contributed by atoms with Gasteiger partial charge in [0.2, 0.25) is 10.0 Å². The molecule has 2 aliphatic heterocycles. The highest BCUT2D eigenvalue weighted by Gasteiger charge is 2.30. The molecule has 3 aromatic rings. The standard InChI is InChI=1S/C23H27N5O3S/c1-16(2)28-22-18(15-25-28)12-19(14-24-22)23(29)27-11-8-17-13-20(6-7-21(17)27)32(30,31)26-9-4-3-5-10-26/h6-7,12-16H,3-5,8-11H2,1-2H3. The molecule has 2 aliphatic rings. The molecule has 1 aromatic carbocycles. The first-order valence-electron chi connectivity index (χ1n) is 11.1. The van der Waals surface area contributed by atoms with Gasteiger partial charge >= 0.3 is 0 Å². The lowest BCUT2D eigenvalue weighted by Gasteiger charge is -2.26. The molecule has 0 aliphatic carbocycles. The van der Waals surface area contributed by atoms with Crippen molar-refractivity contribution >= 4 is 32.7 Å². The Morgan fingerprint density at radius 2 is 1.81 bits per heavy atom. The van der Waals surface area contributed by atoms with Crippen molar-refractivity contribution in [2.75, 3.05) is 24.5 Å². The largest absolute Gasteiger partial charge is 0.308 e. The third kappa shape index (κ3) is 3.49. The Morgan fingerprint density at radius 3 is 2.56 bits per heavy atom. The number of rotatable bonds is 4. The normalized spacial score (nSPS) is 17.3. The molecule has 4 heterocycles. The van der Waals surface area contributed by atoms with Gasteiger partial charge in [0.05, 0.1) is 16.7 Å². The van der Waals surface area contributed by atoms with Crippen LogP contribution in [0.2, 0.25) is 0 Å². The summed E-state index contributed by atoms with van der Waals surface area (Å²) in [5, 5.41) is 5.19. The van der Waals surface area contributed by atoms with E-state index < -0.39 is 10.0 Å². The van der Waals surface area contributed by atoms with E-state index in [1.165, 1.54) is 0 Å². The maximum absolute atomic E-state index is 13.3. The van der Waals surface area contributed by atoms with Crippen LogP contribution in [0.25, 0.3) is 11.0 Å². The van der Waals surface area contributed by atoms with Gasteiger partial charge in [0, 0.05) is 42.9 Å². The van der Waals surface area contributed by atoms with Crippen molar-refractivity contribution in [3.05, 3.63) is 47.8 Å². The molecule has 168 valence electrons. The number of sulfonamides is 1. The highest BCUT2D eigenvalue weighted by atomic mass is 32.2. The van der Waals surface area contributed by atoms with E-state index in [-0.39, 0.29) is 11.9 Å². The zero-order chi connectivity index (χ0) is 22.5. The molecule has 0 bridgehead atoms. The van der Waals surface area contributed by atoms with E-state index in [1.54, 1.807) is 39.8 Å². The molecule has 1 fully saturated rings. The van der Waals surface area contributed by atoms with Gasteiger partial charge in [-0.2, -0.15) is 9.40 Å². The maximum atomic E-state index is 13.3. The second-order valence-electron chi connectivity index (χ2n) is 8.78. The van der Waals surface area contributed by atoms with Gasteiger partial charge < -0.3 is 4.90 Å². The fraction of sp³-hybridized carbons (Fsp3) is 0.435. The van der Waals surface area contributed by atoms with Crippen molar-refractivity contribution in [3.8, 4) is 0 Å². The van der Waals surface area contributed by atoms with Crippen molar-refractivity contribution in [2.45, 2.75) is 50.5 Å². The highest BCUT2D eigenvalue weighted by Crippen LogP contribution is 2.33. The minimum Gasteiger partial charge on any atom is -0.308 e. The van der Waals surface area contributed by atoms with Crippen LogP contribution in [0.5, 0.6) is 0 Å². The molecule has 8 nitrogen and oxygen atoms in total. The number of carbonyl (C=O) groups excluding carboxylic acids is 1. The number of benzene rings is 1. The van der Waals surface area contributed by atoms with Crippen LogP contribution in [0.3, 0.4) is 0 Å². The second kappa shape index (κ2) is 7.97. The molecule has 1 amide bonds. The van der Waals surface area contributed by atoms with Crippen molar-refractivity contribution in [1.29, 1.82) is 0 Å². The SMILES string of the molecule is CC(C)n1ncc2cc(C(=O)N3CCc4cc(S(=O)(=O)N5CCCCC5)ccc43)cnc21. The van der Waals surface area contributed by atoms with E-state index in [0.717, 1.165) is 41.5 Å². The predicted molar refractivity (Wildman–Crippen MR) is 122 cm³/mol. The summed E-state index contributed by atoms with van der Waals surface area (Å²) in [5.41, 5.74) is 2.91. The smallest absolute Gasteiger partial charge is 0.259 e. The number of aromatic nitrogens is 3. The summed E-state index contributed by atoms with van der Waals surface area (Å²) >= 11 is 0. The molecule has 9 heteroatoms.